The Labute approximate surface area is 117 Å². The summed E-state index contributed by atoms with van der Waals surface area (Å²) < 4.78 is 36.2. The van der Waals surface area contributed by atoms with Crippen LogP contribution in [0.4, 0.5) is 10.1 Å². The zero-order chi connectivity index (χ0) is 14.8. The predicted molar refractivity (Wildman–Crippen MR) is 74.0 cm³/mol. The second kappa shape index (κ2) is 5.77. The van der Waals surface area contributed by atoms with E-state index < -0.39 is 15.8 Å². The summed E-state index contributed by atoms with van der Waals surface area (Å²) in [5.74, 6) is -0.629. The first kappa shape index (κ1) is 14.8. The minimum atomic E-state index is -3.51. The van der Waals surface area contributed by atoms with Crippen molar-refractivity contribution < 1.29 is 12.8 Å². The average Bonchev–Trinajstić information content (AvgIpc) is 2.36. The number of piperidine rings is 1. The zero-order valence-corrected chi connectivity index (χ0v) is 11.7. The van der Waals surface area contributed by atoms with Crippen LogP contribution >= 0.6 is 0 Å². The first-order valence-corrected chi connectivity index (χ1v) is 8.05. The summed E-state index contributed by atoms with van der Waals surface area (Å²) in [6, 6.07) is 6.20. The lowest BCUT2D eigenvalue weighted by Crippen LogP contribution is -2.39. The molecular weight excluding hydrogens is 281 g/mol. The van der Waals surface area contributed by atoms with Gasteiger partial charge in [-0.1, -0.05) is 0 Å². The molecular formula is C13H16FN3O2S. The number of benzene rings is 1. The van der Waals surface area contributed by atoms with Gasteiger partial charge in [0.2, 0.25) is 10.0 Å². The second-order valence-corrected chi connectivity index (χ2v) is 6.72. The molecule has 0 spiro atoms. The molecule has 1 heterocycles. The van der Waals surface area contributed by atoms with E-state index in [1.807, 2.05) is 11.0 Å². The number of hydrogen-bond acceptors (Lipinski definition) is 4. The number of halogens is 1. The minimum Gasteiger partial charge on any atom is -0.369 e. The summed E-state index contributed by atoms with van der Waals surface area (Å²) in [7, 11) is -3.51. The van der Waals surface area contributed by atoms with Crippen LogP contribution in [0.25, 0.3) is 0 Å². The van der Waals surface area contributed by atoms with Crippen LogP contribution in [0.2, 0.25) is 0 Å². The van der Waals surface area contributed by atoms with E-state index in [-0.39, 0.29) is 17.2 Å². The van der Waals surface area contributed by atoms with Crippen LogP contribution in [0.1, 0.15) is 18.4 Å². The van der Waals surface area contributed by atoms with Gasteiger partial charge in [-0.05, 0) is 37.0 Å². The van der Waals surface area contributed by atoms with Crippen LogP contribution in [-0.4, -0.2) is 27.3 Å². The third-order valence-electron chi connectivity index (χ3n) is 3.40. The Morgan fingerprint density at radius 3 is 2.85 bits per heavy atom. The van der Waals surface area contributed by atoms with Gasteiger partial charge in [-0.2, -0.15) is 5.26 Å². The minimum absolute atomic E-state index is 0.0819. The first-order valence-electron chi connectivity index (χ1n) is 6.34. The number of hydrogen-bond donors (Lipinski definition) is 1. The fourth-order valence-corrected chi connectivity index (χ4v) is 3.51. The Bertz CT molecular complexity index is 640. The van der Waals surface area contributed by atoms with Crippen molar-refractivity contribution in [2.45, 2.75) is 12.8 Å². The normalized spacial score (nSPS) is 19.6. The Kier molecular flexibility index (Phi) is 4.26. The number of rotatable bonds is 3. The Morgan fingerprint density at radius 1 is 1.50 bits per heavy atom. The molecule has 108 valence electrons. The number of nitrogens with zero attached hydrogens (tertiary/aromatic N) is 2. The SMILES string of the molecule is N#Cc1ccc(N2CCCC(CS(N)(=O)=O)C2)c(F)c1. The van der Waals surface area contributed by atoms with Gasteiger partial charge in [0.05, 0.1) is 23.1 Å². The van der Waals surface area contributed by atoms with Gasteiger partial charge in [-0.15, -0.1) is 0 Å². The van der Waals surface area contributed by atoms with Crippen molar-refractivity contribution in [3.63, 3.8) is 0 Å². The molecule has 1 aromatic rings. The Balaban J connectivity index is 2.15. The standard InChI is InChI=1S/C13H16FN3O2S/c14-12-6-10(7-15)3-4-13(12)17-5-1-2-11(8-17)9-20(16,18)19/h3-4,6,11H,1-2,5,8-9H2,(H2,16,18,19). The van der Waals surface area contributed by atoms with Crippen molar-refractivity contribution in [1.82, 2.24) is 0 Å². The van der Waals surface area contributed by atoms with Gasteiger partial charge in [-0.25, -0.2) is 17.9 Å². The van der Waals surface area contributed by atoms with E-state index >= 15 is 0 Å². The number of nitrogens with two attached hydrogens (primary N) is 1. The molecule has 0 bridgehead atoms. The van der Waals surface area contributed by atoms with E-state index in [2.05, 4.69) is 0 Å². The van der Waals surface area contributed by atoms with Gasteiger partial charge in [0.25, 0.3) is 0 Å². The maximum absolute atomic E-state index is 14.0. The van der Waals surface area contributed by atoms with Gasteiger partial charge in [-0.3, -0.25) is 0 Å². The molecule has 0 aromatic heterocycles. The summed E-state index contributed by atoms with van der Waals surface area (Å²) in [6.45, 7) is 1.13. The molecule has 20 heavy (non-hydrogen) atoms. The highest BCUT2D eigenvalue weighted by Crippen LogP contribution is 2.26. The third kappa shape index (κ3) is 3.68. The highest BCUT2D eigenvalue weighted by Gasteiger charge is 2.25. The molecule has 1 aliphatic rings. The van der Waals surface area contributed by atoms with Gasteiger partial charge < -0.3 is 4.90 Å². The largest absolute Gasteiger partial charge is 0.369 e. The summed E-state index contributed by atoms with van der Waals surface area (Å²) in [4.78, 5) is 1.82. The van der Waals surface area contributed by atoms with Crippen LogP contribution in [0.5, 0.6) is 0 Å². The maximum atomic E-state index is 14.0. The van der Waals surface area contributed by atoms with Crippen molar-refractivity contribution in [2.75, 3.05) is 23.7 Å². The predicted octanol–water partition coefficient (Wildman–Crippen LogP) is 1.20. The maximum Gasteiger partial charge on any atom is 0.209 e. The lowest BCUT2D eigenvalue weighted by atomic mass is 9.99. The van der Waals surface area contributed by atoms with Crippen LogP contribution < -0.4 is 10.0 Å². The van der Waals surface area contributed by atoms with E-state index in [1.54, 1.807) is 12.1 Å². The van der Waals surface area contributed by atoms with E-state index in [0.717, 1.165) is 12.8 Å². The Morgan fingerprint density at radius 2 is 2.25 bits per heavy atom. The fourth-order valence-electron chi connectivity index (χ4n) is 2.58. The number of sulfonamides is 1. The molecule has 1 aliphatic heterocycles. The van der Waals surface area contributed by atoms with Gasteiger partial charge in [0, 0.05) is 13.1 Å². The summed E-state index contributed by atoms with van der Waals surface area (Å²) in [5.41, 5.74) is 0.674. The summed E-state index contributed by atoms with van der Waals surface area (Å²) in [6.07, 6.45) is 1.56. The molecule has 1 aromatic carbocycles. The van der Waals surface area contributed by atoms with Crippen molar-refractivity contribution in [2.24, 2.45) is 11.1 Å². The summed E-state index contributed by atoms with van der Waals surface area (Å²) in [5, 5.41) is 13.8. The summed E-state index contributed by atoms with van der Waals surface area (Å²) >= 11 is 0. The van der Waals surface area contributed by atoms with E-state index in [4.69, 9.17) is 10.4 Å². The van der Waals surface area contributed by atoms with Crippen LogP contribution in [0, 0.1) is 23.1 Å². The Hall–Kier alpha value is -1.65. The zero-order valence-electron chi connectivity index (χ0n) is 10.9. The molecule has 0 saturated carbocycles. The highest BCUT2D eigenvalue weighted by molar-refractivity contribution is 7.89. The van der Waals surface area contributed by atoms with Gasteiger partial charge in [0.15, 0.2) is 0 Å². The van der Waals surface area contributed by atoms with Gasteiger partial charge >= 0.3 is 0 Å². The van der Waals surface area contributed by atoms with Crippen molar-refractivity contribution >= 4 is 15.7 Å². The van der Waals surface area contributed by atoms with E-state index in [1.165, 1.54) is 6.07 Å². The molecule has 2 rings (SSSR count). The molecule has 1 atom stereocenters. The topological polar surface area (TPSA) is 87.2 Å². The molecule has 0 aliphatic carbocycles. The van der Waals surface area contributed by atoms with Crippen molar-refractivity contribution in [3.8, 4) is 6.07 Å². The molecule has 1 unspecified atom stereocenters. The van der Waals surface area contributed by atoms with Crippen LogP contribution in [0.3, 0.4) is 0 Å². The monoisotopic (exact) mass is 297 g/mol. The number of nitriles is 1. The number of primary sulfonamides is 1. The van der Waals surface area contributed by atoms with E-state index in [9.17, 15) is 12.8 Å². The molecule has 0 radical (unpaired) electrons. The second-order valence-electron chi connectivity index (χ2n) is 5.06. The smallest absolute Gasteiger partial charge is 0.209 e. The third-order valence-corrected chi connectivity index (χ3v) is 4.34. The lowest BCUT2D eigenvalue weighted by molar-refractivity contribution is 0.439. The molecule has 2 N–H and O–H groups in total. The fraction of sp³-hybridized carbons (Fsp3) is 0.462. The number of anilines is 1. The first-order chi connectivity index (χ1) is 9.39. The van der Waals surface area contributed by atoms with E-state index in [0.29, 0.717) is 18.8 Å². The molecule has 0 amide bonds. The van der Waals surface area contributed by atoms with Crippen molar-refractivity contribution in [3.05, 3.63) is 29.6 Å². The quantitative estimate of drug-likeness (QED) is 0.908. The molecule has 1 saturated heterocycles. The van der Waals surface area contributed by atoms with Crippen LogP contribution in [-0.2, 0) is 10.0 Å². The molecule has 1 fully saturated rings. The molecule has 5 nitrogen and oxygen atoms in total. The average molecular weight is 297 g/mol. The van der Waals surface area contributed by atoms with Crippen LogP contribution in [0.15, 0.2) is 18.2 Å². The van der Waals surface area contributed by atoms with Gasteiger partial charge in [0.1, 0.15) is 5.82 Å². The molecule has 7 heteroatoms. The highest BCUT2D eigenvalue weighted by atomic mass is 32.2. The lowest BCUT2D eigenvalue weighted by Gasteiger charge is -2.34. The van der Waals surface area contributed by atoms with Crippen molar-refractivity contribution in [1.29, 1.82) is 5.26 Å².